The molecule has 2 aliphatic rings. The van der Waals surface area contributed by atoms with Gasteiger partial charge in [0.25, 0.3) is 0 Å². The fourth-order valence-corrected chi connectivity index (χ4v) is 6.29. The molecule has 0 aromatic carbocycles. The van der Waals surface area contributed by atoms with Gasteiger partial charge in [-0.1, -0.05) is 47.0 Å². The predicted molar refractivity (Wildman–Crippen MR) is 174 cm³/mol. The third-order valence-electron chi connectivity index (χ3n) is 6.66. The molecular formula is C30H49N5O6S2. The lowest BCUT2D eigenvalue weighted by molar-refractivity contribution is -0.0251. The van der Waals surface area contributed by atoms with Crippen LogP contribution in [0.2, 0.25) is 0 Å². The lowest BCUT2D eigenvalue weighted by atomic mass is 10.2. The minimum atomic E-state index is -0.278. The summed E-state index contributed by atoms with van der Waals surface area (Å²) >= 11 is 3.37. The van der Waals surface area contributed by atoms with Gasteiger partial charge < -0.3 is 24.3 Å². The number of nitrogens with one attached hydrogen (secondary N) is 1. The molecule has 0 saturated carbocycles. The van der Waals surface area contributed by atoms with E-state index in [9.17, 15) is 9.59 Å². The van der Waals surface area contributed by atoms with Crippen LogP contribution in [-0.2, 0) is 25.4 Å². The summed E-state index contributed by atoms with van der Waals surface area (Å²) < 4.78 is 26.0. The molecule has 2 aliphatic heterocycles. The first kappa shape index (κ1) is 35.6. The summed E-state index contributed by atoms with van der Waals surface area (Å²) in [6.07, 6.45) is 10.3. The Morgan fingerprint density at radius 2 is 1.37 bits per heavy atom. The highest BCUT2D eigenvalue weighted by atomic mass is 32.2. The first-order valence-corrected chi connectivity index (χ1v) is 17.7. The van der Waals surface area contributed by atoms with Crippen LogP contribution in [0.15, 0.2) is 34.1 Å². The molecule has 242 valence electrons. The summed E-state index contributed by atoms with van der Waals surface area (Å²) in [5, 5.41) is 3.11. The highest BCUT2D eigenvalue weighted by molar-refractivity contribution is 8.00. The van der Waals surface area contributed by atoms with Crippen LogP contribution in [0.5, 0.6) is 0 Å². The number of hydrogen-bond acceptors (Lipinski definition) is 11. The molecule has 0 aliphatic carbocycles. The monoisotopic (exact) mass is 639 g/mol. The summed E-state index contributed by atoms with van der Waals surface area (Å²) in [7, 11) is 0. The summed E-state index contributed by atoms with van der Waals surface area (Å²) in [6.45, 7) is 11.9. The van der Waals surface area contributed by atoms with Crippen LogP contribution < -0.4 is 16.7 Å². The van der Waals surface area contributed by atoms with Gasteiger partial charge in [-0.25, -0.2) is 9.59 Å². The SMILES string of the molecule is CCCCOC[C@H]1O[C@@H](n2ccc(CCC)nc2=O)CS1.CCCCOC[C@H]1O[C@@H](n2ccc(NCCC)nc2=O)CS1. The average molecular weight is 640 g/mol. The topological polar surface area (TPSA) is 119 Å². The number of ether oxygens (including phenoxy) is 4. The van der Waals surface area contributed by atoms with Crippen LogP contribution in [0.25, 0.3) is 0 Å². The zero-order valence-corrected chi connectivity index (χ0v) is 27.7. The number of hydrogen-bond donors (Lipinski definition) is 1. The van der Waals surface area contributed by atoms with Gasteiger partial charge in [-0.2, -0.15) is 9.97 Å². The molecule has 0 bridgehead atoms. The minimum absolute atomic E-state index is 0.00773. The second kappa shape index (κ2) is 20.2. The number of nitrogens with zero attached hydrogens (tertiary/aromatic N) is 4. The molecule has 43 heavy (non-hydrogen) atoms. The van der Waals surface area contributed by atoms with E-state index in [0.29, 0.717) is 19.0 Å². The van der Waals surface area contributed by atoms with Gasteiger partial charge in [-0.3, -0.25) is 9.13 Å². The fraction of sp³-hybridized carbons (Fsp3) is 0.733. The molecule has 0 amide bonds. The van der Waals surface area contributed by atoms with Gasteiger partial charge in [-0.15, -0.1) is 23.5 Å². The molecule has 0 radical (unpaired) electrons. The van der Waals surface area contributed by atoms with Gasteiger partial charge in [0.15, 0.2) is 0 Å². The van der Waals surface area contributed by atoms with Crippen molar-refractivity contribution in [3.8, 4) is 0 Å². The molecular weight excluding hydrogens is 590 g/mol. The second-order valence-electron chi connectivity index (χ2n) is 10.4. The van der Waals surface area contributed by atoms with Gasteiger partial charge in [0.2, 0.25) is 0 Å². The average Bonchev–Trinajstić information content (AvgIpc) is 3.67. The quantitative estimate of drug-likeness (QED) is 0.234. The third kappa shape index (κ3) is 12.2. The fourth-order valence-electron chi connectivity index (χ4n) is 4.25. The summed E-state index contributed by atoms with van der Waals surface area (Å²) in [4.78, 5) is 32.3. The number of aromatic nitrogens is 4. The van der Waals surface area contributed by atoms with Crippen molar-refractivity contribution in [3.05, 3.63) is 51.2 Å². The highest BCUT2D eigenvalue weighted by Gasteiger charge is 2.29. The number of aryl methyl sites for hydroxylation is 1. The predicted octanol–water partition coefficient (Wildman–Crippen LogP) is 5.07. The lowest BCUT2D eigenvalue weighted by Crippen LogP contribution is -2.29. The van der Waals surface area contributed by atoms with E-state index in [2.05, 4.69) is 43.0 Å². The number of rotatable bonds is 17. The first-order valence-electron chi connectivity index (χ1n) is 15.6. The van der Waals surface area contributed by atoms with E-state index in [1.165, 1.54) is 0 Å². The molecule has 2 saturated heterocycles. The Balaban J connectivity index is 0.000000236. The maximum Gasteiger partial charge on any atom is 0.351 e. The Labute approximate surface area is 263 Å². The molecule has 4 rings (SSSR count). The Bertz CT molecular complexity index is 1180. The second-order valence-corrected chi connectivity index (χ2v) is 12.7. The van der Waals surface area contributed by atoms with E-state index in [0.717, 1.165) is 81.9 Å². The Hall–Kier alpha value is -1.90. The van der Waals surface area contributed by atoms with Crippen molar-refractivity contribution in [2.75, 3.05) is 49.8 Å². The van der Waals surface area contributed by atoms with Crippen molar-refractivity contribution in [1.29, 1.82) is 0 Å². The Morgan fingerprint density at radius 1 is 0.814 bits per heavy atom. The number of thioether (sulfide) groups is 2. The highest BCUT2D eigenvalue weighted by Crippen LogP contribution is 2.32. The van der Waals surface area contributed by atoms with E-state index >= 15 is 0 Å². The van der Waals surface area contributed by atoms with Crippen LogP contribution >= 0.6 is 23.5 Å². The molecule has 1 N–H and O–H groups in total. The minimum Gasteiger partial charge on any atom is -0.378 e. The van der Waals surface area contributed by atoms with E-state index in [-0.39, 0.29) is 34.7 Å². The van der Waals surface area contributed by atoms with E-state index < -0.39 is 0 Å². The van der Waals surface area contributed by atoms with Gasteiger partial charge in [0.05, 0.1) is 13.2 Å². The van der Waals surface area contributed by atoms with Crippen molar-refractivity contribution in [2.45, 2.75) is 96.0 Å². The van der Waals surface area contributed by atoms with Crippen molar-refractivity contribution in [1.82, 2.24) is 19.1 Å². The molecule has 13 heteroatoms. The van der Waals surface area contributed by atoms with Gasteiger partial charge in [0.1, 0.15) is 29.1 Å². The van der Waals surface area contributed by atoms with Crippen LogP contribution in [0.4, 0.5) is 5.82 Å². The molecule has 2 aromatic heterocycles. The molecule has 0 spiro atoms. The zero-order valence-electron chi connectivity index (χ0n) is 26.1. The number of unbranched alkanes of at least 4 members (excludes halogenated alkanes) is 2. The van der Waals surface area contributed by atoms with Crippen LogP contribution in [-0.4, -0.2) is 74.5 Å². The van der Waals surface area contributed by atoms with Crippen LogP contribution in [0.1, 0.15) is 84.4 Å². The number of anilines is 1. The van der Waals surface area contributed by atoms with E-state index in [1.807, 2.05) is 12.1 Å². The Kier molecular flexibility index (Phi) is 16.7. The van der Waals surface area contributed by atoms with Gasteiger partial charge in [-0.05, 0) is 37.8 Å². The molecule has 4 heterocycles. The summed E-state index contributed by atoms with van der Waals surface area (Å²) in [5.41, 5.74) is 0.350. The molecule has 11 nitrogen and oxygen atoms in total. The third-order valence-corrected chi connectivity index (χ3v) is 8.85. The van der Waals surface area contributed by atoms with Crippen molar-refractivity contribution >= 4 is 29.3 Å². The summed E-state index contributed by atoms with van der Waals surface area (Å²) in [6, 6.07) is 3.72. The molecule has 2 fully saturated rings. The van der Waals surface area contributed by atoms with E-state index in [4.69, 9.17) is 18.9 Å². The maximum absolute atomic E-state index is 12.1. The van der Waals surface area contributed by atoms with Crippen molar-refractivity contribution in [2.24, 2.45) is 0 Å². The van der Waals surface area contributed by atoms with Gasteiger partial charge >= 0.3 is 11.4 Å². The van der Waals surface area contributed by atoms with Crippen molar-refractivity contribution < 1.29 is 18.9 Å². The largest absolute Gasteiger partial charge is 0.378 e. The lowest BCUT2D eigenvalue weighted by Gasteiger charge is -2.15. The standard InChI is InChI=1S/C15H25N3O3S.C15H24N2O3S/c1-3-5-9-20-10-14-21-13(11-22-14)18-8-6-12(16-7-4-2)17-15(18)19;1-3-5-9-19-10-14-20-13(11-21-14)17-8-7-12(6-4-2)16-15(17)18/h6,8,13-14H,3-5,7,9-11H2,1-2H3,(H,16,17,19);7-8,13-14H,3-6,9-11H2,1-2H3/t2*13-,14+/m11/s1. The van der Waals surface area contributed by atoms with E-state index in [1.54, 1.807) is 45.1 Å². The smallest absolute Gasteiger partial charge is 0.351 e. The van der Waals surface area contributed by atoms with Crippen molar-refractivity contribution in [3.63, 3.8) is 0 Å². The summed E-state index contributed by atoms with van der Waals surface area (Å²) in [5.74, 6) is 2.12. The van der Waals surface area contributed by atoms with Crippen LogP contribution in [0, 0.1) is 0 Å². The first-order chi connectivity index (χ1) is 21.0. The maximum atomic E-state index is 12.1. The molecule has 4 atom stereocenters. The molecule has 0 unspecified atom stereocenters. The Morgan fingerprint density at radius 3 is 1.86 bits per heavy atom. The molecule has 2 aromatic rings. The van der Waals surface area contributed by atoms with Crippen LogP contribution in [0.3, 0.4) is 0 Å². The van der Waals surface area contributed by atoms with Gasteiger partial charge in [0, 0.05) is 49.4 Å². The zero-order chi connectivity index (χ0) is 30.9. The normalized spacial score (nSPS) is 21.5.